The van der Waals surface area contributed by atoms with Crippen molar-refractivity contribution in [2.45, 2.75) is 25.7 Å². The lowest BCUT2D eigenvalue weighted by molar-refractivity contribution is 0.666. The Kier molecular flexibility index (Phi) is 3.07. The maximum atomic E-state index is 6.08. The maximum absolute atomic E-state index is 6.08. The van der Waals surface area contributed by atoms with Crippen LogP contribution in [0.25, 0.3) is 78.0 Å². The molecule has 2 aromatic heterocycles. The number of hydrogen-bond acceptors (Lipinski definition) is 3. The molecule has 188 valence electrons. The lowest BCUT2D eigenvalue weighted by atomic mass is 9.80. The largest absolute Gasteiger partial charge is 0.453 e. The predicted octanol–water partition coefficient (Wildman–Crippen LogP) is 8.64. The molecule has 3 nitrogen and oxygen atoms in total. The Morgan fingerprint density at radius 2 is 1.05 bits per heavy atom. The van der Waals surface area contributed by atoms with Gasteiger partial charge < -0.3 is 4.42 Å². The van der Waals surface area contributed by atoms with Gasteiger partial charge in [0.2, 0.25) is 0 Å². The molecule has 0 saturated carbocycles. The van der Waals surface area contributed by atoms with Gasteiger partial charge in [-0.25, -0.2) is 9.97 Å². The van der Waals surface area contributed by atoms with Gasteiger partial charge in [-0.15, -0.1) is 0 Å². The van der Waals surface area contributed by atoms with Crippen molar-refractivity contribution in [2.24, 2.45) is 0 Å². The molecule has 0 bridgehead atoms. The van der Waals surface area contributed by atoms with Crippen LogP contribution in [0.4, 0.5) is 0 Å². The second-order valence-corrected chi connectivity index (χ2v) is 12.4. The highest BCUT2D eigenvalue weighted by Crippen LogP contribution is 2.63. The van der Waals surface area contributed by atoms with E-state index in [9.17, 15) is 0 Å². The number of hydrogen-bond donors (Lipinski definition) is 0. The van der Waals surface area contributed by atoms with Gasteiger partial charge in [0.1, 0.15) is 11.1 Å². The van der Waals surface area contributed by atoms with E-state index in [-0.39, 0.29) is 0 Å². The van der Waals surface area contributed by atoms with Crippen LogP contribution in [-0.4, -0.2) is 9.97 Å². The van der Waals surface area contributed by atoms with Crippen molar-refractivity contribution in [3.05, 3.63) is 117 Å². The van der Waals surface area contributed by atoms with Crippen molar-refractivity contribution in [3.63, 3.8) is 0 Å². The molecule has 5 aliphatic carbocycles. The quantitative estimate of drug-likeness (QED) is 0.217. The average molecular weight is 521 g/mol. The summed E-state index contributed by atoms with van der Waals surface area (Å²) in [6.45, 7) is 0. The summed E-state index contributed by atoms with van der Waals surface area (Å²) < 4.78 is 6.08. The zero-order valence-electron chi connectivity index (χ0n) is 22.1. The summed E-state index contributed by atoms with van der Waals surface area (Å²) in [5.41, 5.74) is 27.3. The molecule has 41 heavy (non-hydrogen) atoms. The summed E-state index contributed by atoms with van der Waals surface area (Å²) in [6.07, 6.45) is 5.82. The van der Waals surface area contributed by atoms with E-state index in [1.165, 1.54) is 94.6 Å². The lowest BCUT2D eigenvalue weighted by Gasteiger charge is -2.22. The van der Waals surface area contributed by atoms with Crippen molar-refractivity contribution in [1.82, 2.24) is 9.97 Å². The van der Waals surface area contributed by atoms with Gasteiger partial charge in [0.25, 0.3) is 0 Å². The first-order valence-electron chi connectivity index (χ1n) is 14.6. The highest BCUT2D eigenvalue weighted by atomic mass is 16.3. The fourth-order valence-corrected chi connectivity index (χ4v) is 8.97. The van der Waals surface area contributed by atoms with Gasteiger partial charge in [-0.05, 0) is 133 Å². The van der Waals surface area contributed by atoms with Crippen molar-refractivity contribution in [3.8, 4) is 55.9 Å². The van der Waals surface area contributed by atoms with Crippen molar-refractivity contribution >= 4 is 22.1 Å². The van der Waals surface area contributed by atoms with Gasteiger partial charge in [-0.2, -0.15) is 0 Å². The summed E-state index contributed by atoms with van der Waals surface area (Å²) in [7, 11) is 0. The van der Waals surface area contributed by atoms with Crippen LogP contribution in [0, 0.1) is 0 Å². The topological polar surface area (TPSA) is 38.9 Å². The zero-order valence-corrected chi connectivity index (χ0v) is 22.1. The molecular formula is C38H20N2O. The third-order valence-electron chi connectivity index (χ3n) is 10.5. The molecule has 3 heteroatoms. The van der Waals surface area contributed by atoms with E-state index in [0.717, 1.165) is 53.6 Å². The molecule has 2 heterocycles. The molecule has 0 saturated heterocycles. The molecular weight excluding hydrogens is 500 g/mol. The monoisotopic (exact) mass is 520 g/mol. The molecule has 5 aromatic carbocycles. The van der Waals surface area contributed by atoms with Crippen LogP contribution in [-0.2, 0) is 25.7 Å². The molecule has 0 radical (unpaired) electrons. The highest BCUT2D eigenvalue weighted by Gasteiger charge is 2.42. The number of rotatable bonds is 1. The fourth-order valence-electron chi connectivity index (χ4n) is 8.97. The van der Waals surface area contributed by atoms with Gasteiger partial charge >= 0.3 is 0 Å². The number of nitrogens with zero attached hydrogens (tertiary/aromatic N) is 2. The molecule has 0 amide bonds. The molecule has 0 aliphatic heterocycles. The van der Waals surface area contributed by atoms with Crippen LogP contribution >= 0.6 is 0 Å². The SMILES string of the molecule is c1ccc2c(c1)oc1cnc(-c3cc4c5c6c3Cc3ccc7c(c3-6)-c3c(ccc6c3-c3c(ccc(c3-5)C4)C6)C7)nc12. The smallest absolute Gasteiger partial charge is 0.172 e. The van der Waals surface area contributed by atoms with E-state index in [1.807, 2.05) is 18.3 Å². The summed E-state index contributed by atoms with van der Waals surface area (Å²) in [6, 6.07) is 25.0. The average Bonchev–Trinajstić information content (AvgIpc) is 3.78. The second-order valence-electron chi connectivity index (χ2n) is 12.4. The first-order valence-corrected chi connectivity index (χ1v) is 14.6. The normalized spacial score (nSPS) is 14.9. The predicted molar refractivity (Wildman–Crippen MR) is 161 cm³/mol. The molecule has 0 atom stereocenters. The minimum absolute atomic E-state index is 0.742. The summed E-state index contributed by atoms with van der Waals surface area (Å²) in [5.74, 6) is 0.800. The Labute approximate surface area is 235 Å². The van der Waals surface area contributed by atoms with E-state index in [4.69, 9.17) is 14.4 Å². The van der Waals surface area contributed by atoms with E-state index in [1.54, 1.807) is 0 Å². The summed E-state index contributed by atoms with van der Waals surface area (Å²) in [4.78, 5) is 10.1. The van der Waals surface area contributed by atoms with Gasteiger partial charge in [-0.3, -0.25) is 0 Å². The summed E-state index contributed by atoms with van der Waals surface area (Å²) in [5, 5.41) is 1.04. The second kappa shape index (κ2) is 6.31. The highest BCUT2D eigenvalue weighted by molar-refractivity contribution is 6.14. The van der Waals surface area contributed by atoms with Crippen LogP contribution in [0.5, 0.6) is 0 Å². The van der Waals surface area contributed by atoms with Crippen LogP contribution < -0.4 is 0 Å². The number of para-hydroxylation sites is 1. The lowest BCUT2D eigenvalue weighted by Crippen LogP contribution is -1.99. The molecule has 7 aromatic rings. The number of fused-ring (bicyclic) bond motifs is 3. The standard InChI is InChI=1S/C38H20N2O/c1-2-4-27-24(3-1)37-28(41-27)16-39-38(40-37)26-15-23-13-21-8-7-19-11-17-5-6-18-12-20-9-10-22-14-25(26)36-34(22)32(20)30(18)29(17)31(19)33(21)35(23)36/h1-10,15-16H,11-14H2. The van der Waals surface area contributed by atoms with E-state index >= 15 is 0 Å². The molecule has 0 spiro atoms. The molecule has 0 N–H and O–H groups in total. The zero-order chi connectivity index (χ0) is 26.1. The van der Waals surface area contributed by atoms with Crippen molar-refractivity contribution in [1.29, 1.82) is 0 Å². The number of benzene rings is 5. The van der Waals surface area contributed by atoms with E-state index in [0.29, 0.717) is 0 Å². The minimum Gasteiger partial charge on any atom is -0.453 e. The number of aromatic nitrogens is 2. The Morgan fingerprint density at radius 1 is 0.512 bits per heavy atom. The molecule has 5 aliphatic rings. The molecule has 0 unspecified atom stereocenters. The van der Waals surface area contributed by atoms with Crippen molar-refractivity contribution in [2.75, 3.05) is 0 Å². The fraction of sp³-hybridized carbons (Fsp3) is 0.105. The van der Waals surface area contributed by atoms with Gasteiger partial charge in [0.05, 0.1) is 6.20 Å². The van der Waals surface area contributed by atoms with Crippen LogP contribution in [0.1, 0.15) is 44.5 Å². The maximum Gasteiger partial charge on any atom is 0.172 e. The van der Waals surface area contributed by atoms with Crippen LogP contribution in [0.15, 0.2) is 77.3 Å². The number of furan rings is 1. The third-order valence-corrected chi connectivity index (χ3v) is 10.5. The van der Waals surface area contributed by atoms with Crippen LogP contribution in [0.2, 0.25) is 0 Å². The molecule has 12 rings (SSSR count). The van der Waals surface area contributed by atoms with E-state index in [2.05, 4.69) is 54.6 Å². The van der Waals surface area contributed by atoms with Gasteiger partial charge in [-0.1, -0.05) is 48.5 Å². The first kappa shape index (κ1) is 19.9. The summed E-state index contributed by atoms with van der Waals surface area (Å²) >= 11 is 0. The minimum atomic E-state index is 0.742. The Morgan fingerprint density at radius 3 is 1.71 bits per heavy atom. The third kappa shape index (κ3) is 2.12. The first-order chi connectivity index (χ1) is 20.3. The van der Waals surface area contributed by atoms with E-state index < -0.39 is 0 Å². The molecule has 0 fully saturated rings. The van der Waals surface area contributed by atoms with Crippen LogP contribution in [0.3, 0.4) is 0 Å². The Bertz CT molecular complexity index is 2480. The Hall–Kier alpha value is -5.02. The van der Waals surface area contributed by atoms with Crippen molar-refractivity contribution < 1.29 is 4.42 Å². The Balaban J connectivity index is 1.25. The van der Waals surface area contributed by atoms with Gasteiger partial charge in [0, 0.05) is 10.9 Å². The van der Waals surface area contributed by atoms with Gasteiger partial charge in [0.15, 0.2) is 11.4 Å².